The number of methoxy groups -OCH3 is 1. The topological polar surface area (TPSA) is 95.7 Å². The van der Waals surface area contributed by atoms with Crippen LogP contribution in [-0.4, -0.2) is 45.9 Å². The number of nitrogens with zero attached hydrogens (tertiary/aromatic N) is 4. The monoisotopic (exact) mass is 510 g/mol. The number of carbonyl (C=O) groups is 2. The fourth-order valence-corrected chi connectivity index (χ4v) is 4.10. The first kappa shape index (κ1) is 22.8. The van der Waals surface area contributed by atoms with Crippen molar-refractivity contribution in [3.63, 3.8) is 0 Å². The molecule has 1 aliphatic rings. The number of halogens is 1. The molecule has 1 aliphatic heterocycles. The number of aryl methyl sites for hydroxylation is 1. The molecule has 4 rings (SSSR count). The molecule has 1 atom stereocenters. The van der Waals surface area contributed by atoms with Crippen LogP contribution >= 0.6 is 15.9 Å². The van der Waals surface area contributed by atoms with Gasteiger partial charge in [-0.25, -0.2) is 4.98 Å². The molecule has 0 bridgehead atoms. The lowest BCUT2D eigenvalue weighted by Gasteiger charge is -2.14. The van der Waals surface area contributed by atoms with Crippen molar-refractivity contribution in [2.45, 2.75) is 32.2 Å². The van der Waals surface area contributed by atoms with Gasteiger partial charge >= 0.3 is 11.9 Å². The van der Waals surface area contributed by atoms with Crippen molar-refractivity contribution < 1.29 is 19.1 Å². The third-order valence-corrected chi connectivity index (χ3v) is 5.82. The van der Waals surface area contributed by atoms with E-state index in [1.807, 2.05) is 49.5 Å². The molecule has 3 heterocycles. The lowest BCUT2D eigenvalue weighted by Crippen LogP contribution is -2.13. The summed E-state index contributed by atoms with van der Waals surface area (Å²) >= 11 is 3.58. The van der Waals surface area contributed by atoms with E-state index in [4.69, 9.17) is 9.73 Å². The Bertz CT molecular complexity index is 1210. The summed E-state index contributed by atoms with van der Waals surface area (Å²) in [5, 5.41) is 0. The van der Waals surface area contributed by atoms with Crippen LogP contribution in [0.5, 0.6) is 0 Å². The van der Waals surface area contributed by atoms with Crippen LogP contribution in [0.3, 0.4) is 0 Å². The largest absolute Gasteiger partial charge is 0.469 e. The average Bonchev–Trinajstić information content (AvgIpc) is 3.14. The highest BCUT2D eigenvalue weighted by molar-refractivity contribution is 9.10. The molecular formula is C24H23BrN4O4. The first-order valence-electron chi connectivity index (χ1n) is 10.5. The standard InChI is InChI=1S/C24H23BrN4O4/c1-15-14-27-24-19(10-12-33-22(31)9-8-21(30)32-2)28-23(18-5-3-4-11-26-18)17-13-16(25)6-7-20(17)29(15)24/h3-7,11,13-14,19H,8-10,12H2,1-2H3/t19-/m0/s1. The molecule has 0 aliphatic carbocycles. The normalized spacial score (nSPS) is 14.5. The van der Waals surface area contributed by atoms with Gasteiger partial charge in [-0.3, -0.25) is 24.1 Å². The van der Waals surface area contributed by atoms with Gasteiger partial charge in [0.2, 0.25) is 0 Å². The van der Waals surface area contributed by atoms with Crippen molar-refractivity contribution in [3.05, 3.63) is 76.0 Å². The summed E-state index contributed by atoms with van der Waals surface area (Å²) in [4.78, 5) is 37.5. The Morgan fingerprint density at radius 3 is 2.70 bits per heavy atom. The quantitative estimate of drug-likeness (QED) is 0.443. The van der Waals surface area contributed by atoms with E-state index in [2.05, 4.69) is 35.2 Å². The highest BCUT2D eigenvalue weighted by Gasteiger charge is 2.28. The van der Waals surface area contributed by atoms with Crippen molar-refractivity contribution in [1.29, 1.82) is 0 Å². The maximum Gasteiger partial charge on any atom is 0.306 e. The number of hydrogen-bond donors (Lipinski definition) is 0. The number of rotatable bonds is 7. The Labute approximate surface area is 199 Å². The minimum absolute atomic E-state index is 0.00543. The fourth-order valence-electron chi connectivity index (χ4n) is 3.74. The zero-order valence-corrected chi connectivity index (χ0v) is 19.9. The third-order valence-electron chi connectivity index (χ3n) is 5.33. The maximum absolute atomic E-state index is 12.0. The number of aromatic nitrogens is 3. The second kappa shape index (κ2) is 10.1. The number of ether oxygens (including phenoxy) is 2. The molecular weight excluding hydrogens is 488 g/mol. The summed E-state index contributed by atoms with van der Waals surface area (Å²) in [7, 11) is 1.29. The van der Waals surface area contributed by atoms with Crippen molar-refractivity contribution in [3.8, 4) is 5.69 Å². The number of aliphatic imine (C=N–C) groups is 1. The summed E-state index contributed by atoms with van der Waals surface area (Å²) in [6, 6.07) is 11.4. The van der Waals surface area contributed by atoms with Gasteiger partial charge in [0.1, 0.15) is 11.9 Å². The Morgan fingerprint density at radius 2 is 1.94 bits per heavy atom. The Balaban J connectivity index is 1.66. The number of fused-ring (bicyclic) bond motifs is 3. The molecule has 2 aromatic heterocycles. The van der Waals surface area contributed by atoms with Crippen LogP contribution in [0.25, 0.3) is 5.69 Å². The van der Waals surface area contributed by atoms with Crippen LogP contribution in [0.4, 0.5) is 0 Å². The molecule has 9 heteroatoms. The van der Waals surface area contributed by atoms with Crippen LogP contribution in [0.1, 0.15) is 48.1 Å². The van der Waals surface area contributed by atoms with Gasteiger partial charge in [0.15, 0.2) is 0 Å². The minimum atomic E-state index is -0.449. The van der Waals surface area contributed by atoms with Gasteiger partial charge in [-0.2, -0.15) is 0 Å². The molecule has 0 radical (unpaired) electrons. The van der Waals surface area contributed by atoms with E-state index in [1.165, 1.54) is 7.11 Å². The zero-order valence-electron chi connectivity index (χ0n) is 18.3. The SMILES string of the molecule is COC(=O)CCC(=O)OCC[C@@H]1N=C(c2ccccn2)c2cc(Br)ccc2-n2c(C)cnc21. The van der Waals surface area contributed by atoms with E-state index < -0.39 is 11.9 Å². The Morgan fingerprint density at radius 1 is 1.12 bits per heavy atom. The molecule has 0 saturated carbocycles. The minimum Gasteiger partial charge on any atom is -0.469 e. The van der Waals surface area contributed by atoms with E-state index in [0.29, 0.717) is 6.42 Å². The fraction of sp³-hybridized carbons (Fsp3) is 0.292. The summed E-state index contributed by atoms with van der Waals surface area (Å²) in [5.41, 5.74) is 4.37. The number of imidazole rings is 1. The number of pyridine rings is 1. The van der Waals surface area contributed by atoms with Gasteiger partial charge in [-0.15, -0.1) is 0 Å². The van der Waals surface area contributed by atoms with E-state index in [1.54, 1.807) is 6.20 Å². The van der Waals surface area contributed by atoms with Crippen LogP contribution in [0, 0.1) is 6.92 Å². The second-order valence-electron chi connectivity index (χ2n) is 7.55. The van der Waals surface area contributed by atoms with Gasteiger partial charge in [0.05, 0.1) is 43.7 Å². The average molecular weight is 511 g/mol. The molecule has 0 fully saturated rings. The van der Waals surface area contributed by atoms with Crippen LogP contribution in [0.2, 0.25) is 0 Å². The number of esters is 2. The molecule has 8 nitrogen and oxygen atoms in total. The van der Waals surface area contributed by atoms with Crippen LogP contribution in [-0.2, 0) is 19.1 Å². The highest BCUT2D eigenvalue weighted by atomic mass is 79.9. The summed E-state index contributed by atoms with van der Waals surface area (Å²) in [5.74, 6) is -0.121. The van der Waals surface area contributed by atoms with Crippen LogP contribution in [0.15, 0.2) is 58.3 Å². The Hall–Kier alpha value is -3.33. The van der Waals surface area contributed by atoms with Gasteiger partial charge in [0, 0.05) is 34.5 Å². The molecule has 0 spiro atoms. The molecule has 3 aromatic rings. The van der Waals surface area contributed by atoms with Gasteiger partial charge in [0.25, 0.3) is 0 Å². The van der Waals surface area contributed by atoms with Crippen molar-refractivity contribution in [2.24, 2.45) is 4.99 Å². The number of benzene rings is 1. The third kappa shape index (κ3) is 5.03. The predicted molar refractivity (Wildman–Crippen MR) is 125 cm³/mol. The molecule has 0 unspecified atom stereocenters. The van der Waals surface area contributed by atoms with Gasteiger partial charge in [-0.05, 0) is 37.3 Å². The van der Waals surface area contributed by atoms with E-state index in [0.717, 1.165) is 38.6 Å². The molecule has 1 aromatic carbocycles. The van der Waals surface area contributed by atoms with E-state index >= 15 is 0 Å². The molecule has 0 saturated heterocycles. The van der Waals surface area contributed by atoms with Crippen molar-refractivity contribution in [2.75, 3.05) is 13.7 Å². The second-order valence-corrected chi connectivity index (χ2v) is 8.46. The molecule has 170 valence electrons. The molecule has 0 N–H and O–H groups in total. The van der Waals surface area contributed by atoms with E-state index in [-0.39, 0.29) is 25.5 Å². The van der Waals surface area contributed by atoms with Gasteiger partial charge < -0.3 is 9.47 Å². The van der Waals surface area contributed by atoms with Crippen molar-refractivity contribution >= 4 is 33.6 Å². The first-order chi connectivity index (χ1) is 16.0. The van der Waals surface area contributed by atoms with Crippen molar-refractivity contribution in [1.82, 2.24) is 14.5 Å². The summed E-state index contributed by atoms with van der Waals surface area (Å²) < 4.78 is 12.9. The lowest BCUT2D eigenvalue weighted by atomic mass is 10.0. The Kier molecular flexibility index (Phi) is 6.98. The van der Waals surface area contributed by atoms with Gasteiger partial charge in [-0.1, -0.05) is 22.0 Å². The summed E-state index contributed by atoms with van der Waals surface area (Å²) in [6.45, 7) is 2.15. The summed E-state index contributed by atoms with van der Waals surface area (Å²) in [6.07, 6.45) is 3.97. The maximum atomic E-state index is 12.0. The number of carbonyl (C=O) groups excluding carboxylic acids is 2. The smallest absolute Gasteiger partial charge is 0.306 e. The zero-order chi connectivity index (χ0) is 23.4. The molecule has 33 heavy (non-hydrogen) atoms. The first-order valence-corrected chi connectivity index (χ1v) is 11.3. The predicted octanol–water partition coefficient (Wildman–Crippen LogP) is 4.12. The number of hydrogen-bond acceptors (Lipinski definition) is 7. The highest BCUT2D eigenvalue weighted by Crippen LogP contribution is 2.34. The van der Waals surface area contributed by atoms with Crippen LogP contribution < -0.4 is 0 Å². The molecule has 0 amide bonds. The van der Waals surface area contributed by atoms with E-state index in [9.17, 15) is 9.59 Å². The lowest BCUT2D eigenvalue weighted by molar-refractivity contribution is -0.149.